The highest BCUT2D eigenvalue weighted by Crippen LogP contribution is 2.52. The van der Waals surface area contributed by atoms with Crippen molar-refractivity contribution in [3.63, 3.8) is 0 Å². The average molecular weight is 424 g/mol. The van der Waals surface area contributed by atoms with E-state index in [0.29, 0.717) is 0 Å². The van der Waals surface area contributed by atoms with Crippen LogP contribution in [0.4, 0.5) is 0 Å². The summed E-state index contributed by atoms with van der Waals surface area (Å²) in [5.74, 6) is -10.3. The lowest BCUT2D eigenvalue weighted by Gasteiger charge is -2.21. The number of Topliss-reactive ketones (excluding diaryl/α,β-unsaturated/α-hetero) is 1. The molecule has 0 spiro atoms. The molecule has 0 unspecified atom stereocenters. The molecule has 0 aromatic heterocycles. The summed E-state index contributed by atoms with van der Waals surface area (Å²) < 4.78 is 19.8. The van der Waals surface area contributed by atoms with Crippen LogP contribution in [0.5, 0.6) is 0 Å². The van der Waals surface area contributed by atoms with Gasteiger partial charge in [-0.15, -0.1) is 0 Å². The van der Waals surface area contributed by atoms with Crippen LogP contribution in [0.1, 0.15) is 27.7 Å². The molecule has 0 bridgehead atoms. The normalized spacial score (nSPS) is 22.7. The third-order valence-corrected chi connectivity index (χ3v) is 4.71. The van der Waals surface area contributed by atoms with E-state index in [9.17, 15) is 29.1 Å². The lowest BCUT2D eigenvalue weighted by Crippen LogP contribution is -2.36. The van der Waals surface area contributed by atoms with Gasteiger partial charge in [-0.1, -0.05) is 0 Å². The summed E-state index contributed by atoms with van der Waals surface area (Å²) in [5.41, 5.74) is -1.35. The molecule has 0 saturated heterocycles. The number of carbonyl (C=O) groups is 5. The Morgan fingerprint density at radius 2 is 1.17 bits per heavy atom. The van der Waals surface area contributed by atoms with Crippen LogP contribution in [0.15, 0.2) is 22.5 Å². The minimum Gasteiger partial charge on any atom is -0.510 e. The highest BCUT2D eigenvalue weighted by atomic mass is 16.5. The van der Waals surface area contributed by atoms with Gasteiger partial charge in [-0.25, -0.2) is 9.59 Å². The van der Waals surface area contributed by atoms with Gasteiger partial charge in [-0.05, 0) is 33.3 Å². The summed E-state index contributed by atoms with van der Waals surface area (Å²) in [7, 11) is 0. The van der Waals surface area contributed by atoms with Crippen LogP contribution < -0.4 is 0 Å². The van der Waals surface area contributed by atoms with Crippen molar-refractivity contribution in [3.8, 4) is 0 Å². The summed E-state index contributed by atoms with van der Waals surface area (Å²) in [5, 5.41) is 10.7. The van der Waals surface area contributed by atoms with Crippen molar-refractivity contribution >= 4 is 29.7 Å². The predicted molar refractivity (Wildman–Crippen MR) is 98.7 cm³/mol. The number of aliphatic hydroxyl groups excluding tert-OH is 1. The lowest BCUT2D eigenvalue weighted by molar-refractivity contribution is -0.155. The molecule has 0 fully saturated rings. The maximum atomic E-state index is 13.0. The molecule has 2 rings (SSSR count). The Morgan fingerprint density at radius 3 is 1.63 bits per heavy atom. The molecule has 0 amide bonds. The fourth-order valence-corrected chi connectivity index (χ4v) is 3.71. The van der Waals surface area contributed by atoms with Crippen molar-refractivity contribution in [3.05, 3.63) is 22.5 Å². The number of hydrogen-bond acceptors (Lipinski definition) is 10. The van der Waals surface area contributed by atoms with Crippen LogP contribution in [-0.4, -0.2) is 61.2 Å². The van der Waals surface area contributed by atoms with E-state index >= 15 is 0 Å². The quantitative estimate of drug-likeness (QED) is 0.257. The van der Waals surface area contributed by atoms with E-state index in [0.717, 1.165) is 0 Å². The van der Waals surface area contributed by atoms with E-state index in [4.69, 9.17) is 18.9 Å². The van der Waals surface area contributed by atoms with Crippen molar-refractivity contribution in [2.24, 2.45) is 17.8 Å². The Balaban J connectivity index is 2.76. The number of rotatable bonds is 8. The number of ether oxygens (including phenoxy) is 4. The topological polar surface area (TPSA) is 142 Å². The van der Waals surface area contributed by atoms with E-state index in [1.807, 2.05) is 0 Å². The van der Waals surface area contributed by atoms with E-state index in [1.165, 1.54) is 27.7 Å². The summed E-state index contributed by atoms with van der Waals surface area (Å²) in [6.07, 6.45) is 0. The smallest absolute Gasteiger partial charge is 0.342 e. The fraction of sp³-hybridized carbons (Fsp3) is 0.550. The maximum Gasteiger partial charge on any atom is 0.342 e. The van der Waals surface area contributed by atoms with Crippen molar-refractivity contribution in [2.75, 3.05) is 26.4 Å². The zero-order valence-corrected chi connectivity index (χ0v) is 17.2. The third-order valence-electron chi connectivity index (χ3n) is 4.71. The van der Waals surface area contributed by atoms with Gasteiger partial charge in [0.05, 0.1) is 26.4 Å². The highest BCUT2D eigenvalue weighted by molar-refractivity contribution is 6.27. The standard InChI is InChI=1S/C20H24O10/c1-5-27-17(23)11-9-10(13(15(11)21)19(25)29-7-3)14(20(26)30-8-4)16(22)12(9)18(24)28-6-2/h9,11-12,21H,5-8H2,1-4H3/t9-,11+,12-/m0/s1. The Bertz CT molecular complexity index is 835. The molecular formula is C20H24O10. The molecule has 1 N–H and O–H groups in total. The molecule has 2 aliphatic rings. The van der Waals surface area contributed by atoms with Crippen molar-refractivity contribution in [1.82, 2.24) is 0 Å². The monoisotopic (exact) mass is 424 g/mol. The molecule has 0 heterocycles. The van der Waals surface area contributed by atoms with Gasteiger partial charge in [0.15, 0.2) is 5.78 Å². The number of ketones is 1. The fourth-order valence-electron chi connectivity index (χ4n) is 3.71. The molecule has 164 valence electrons. The molecule has 3 atom stereocenters. The molecular weight excluding hydrogens is 400 g/mol. The number of aliphatic hydroxyl groups is 1. The van der Waals surface area contributed by atoms with Crippen molar-refractivity contribution in [2.45, 2.75) is 27.7 Å². The first-order valence-electron chi connectivity index (χ1n) is 9.65. The SMILES string of the molecule is CCOC(=O)C1=C(O)[C@H](C(=O)OCC)[C@@H]2C1=C(C(=O)OCC)C(=O)[C@H]2C(=O)OCC. The van der Waals surface area contributed by atoms with E-state index < -0.39 is 64.3 Å². The minimum atomic E-state index is -1.62. The first-order valence-corrected chi connectivity index (χ1v) is 9.65. The van der Waals surface area contributed by atoms with Crippen LogP contribution in [-0.2, 0) is 42.9 Å². The van der Waals surface area contributed by atoms with Gasteiger partial charge in [0, 0.05) is 5.92 Å². The second kappa shape index (κ2) is 9.55. The largest absolute Gasteiger partial charge is 0.510 e. The van der Waals surface area contributed by atoms with E-state index in [2.05, 4.69) is 0 Å². The molecule has 30 heavy (non-hydrogen) atoms. The van der Waals surface area contributed by atoms with E-state index in [1.54, 1.807) is 0 Å². The van der Waals surface area contributed by atoms with Crippen LogP contribution in [0.25, 0.3) is 0 Å². The number of fused-ring (bicyclic) bond motifs is 1. The minimum absolute atomic E-state index is 0.0497. The molecule has 0 aromatic rings. The summed E-state index contributed by atoms with van der Waals surface area (Å²) >= 11 is 0. The first kappa shape index (κ1) is 23.1. The van der Waals surface area contributed by atoms with Crippen LogP contribution in [0, 0.1) is 17.8 Å². The second-order valence-electron chi connectivity index (χ2n) is 6.34. The number of hydrogen-bond donors (Lipinski definition) is 1. The summed E-state index contributed by atoms with van der Waals surface area (Å²) in [6, 6.07) is 0. The Morgan fingerprint density at radius 1 is 0.733 bits per heavy atom. The molecule has 10 nitrogen and oxygen atoms in total. The molecule has 0 saturated carbocycles. The van der Waals surface area contributed by atoms with Crippen LogP contribution in [0.2, 0.25) is 0 Å². The lowest BCUT2D eigenvalue weighted by atomic mass is 9.83. The second-order valence-corrected chi connectivity index (χ2v) is 6.34. The van der Waals surface area contributed by atoms with Crippen LogP contribution in [0.3, 0.4) is 0 Å². The van der Waals surface area contributed by atoms with Gasteiger partial charge in [-0.2, -0.15) is 0 Å². The van der Waals surface area contributed by atoms with Gasteiger partial charge in [0.1, 0.15) is 28.7 Å². The van der Waals surface area contributed by atoms with Gasteiger partial charge >= 0.3 is 23.9 Å². The predicted octanol–water partition coefficient (Wildman–Crippen LogP) is 0.792. The zero-order valence-electron chi connectivity index (χ0n) is 17.2. The zero-order chi connectivity index (χ0) is 22.6. The van der Waals surface area contributed by atoms with Crippen molar-refractivity contribution < 1.29 is 48.0 Å². The first-order chi connectivity index (χ1) is 14.3. The molecule has 0 aliphatic heterocycles. The Labute approximate surface area is 172 Å². The Hall–Kier alpha value is -3.17. The highest BCUT2D eigenvalue weighted by Gasteiger charge is 2.61. The molecule has 0 radical (unpaired) electrons. The van der Waals surface area contributed by atoms with Gasteiger partial charge in [0.2, 0.25) is 0 Å². The summed E-state index contributed by atoms with van der Waals surface area (Å²) in [6.45, 7) is 5.83. The van der Waals surface area contributed by atoms with Gasteiger partial charge in [0.25, 0.3) is 0 Å². The van der Waals surface area contributed by atoms with Gasteiger partial charge in [-0.3, -0.25) is 14.4 Å². The Kier molecular flexibility index (Phi) is 7.36. The number of esters is 4. The van der Waals surface area contributed by atoms with Gasteiger partial charge < -0.3 is 24.1 Å². The summed E-state index contributed by atoms with van der Waals surface area (Å²) in [4.78, 5) is 63.3. The average Bonchev–Trinajstić information content (AvgIpc) is 3.11. The molecule has 2 aliphatic carbocycles. The van der Waals surface area contributed by atoms with Crippen LogP contribution >= 0.6 is 0 Å². The third kappa shape index (κ3) is 3.81. The van der Waals surface area contributed by atoms with E-state index in [-0.39, 0.29) is 32.0 Å². The molecule has 10 heteroatoms. The maximum absolute atomic E-state index is 13.0. The molecule has 0 aromatic carbocycles. The van der Waals surface area contributed by atoms with Crippen molar-refractivity contribution in [1.29, 1.82) is 0 Å². The number of carbonyl (C=O) groups excluding carboxylic acids is 5.